The molecule has 0 spiro atoms. The Labute approximate surface area is 148 Å². The third-order valence-corrected chi connectivity index (χ3v) is 4.67. The molecule has 0 aromatic heterocycles. The van der Waals surface area contributed by atoms with Crippen molar-refractivity contribution in [1.29, 1.82) is 0 Å². The Balaban J connectivity index is 1.93. The lowest BCUT2D eigenvalue weighted by Crippen LogP contribution is -2.53. The lowest BCUT2D eigenvalue weighted by Gasteiger charge is -2.35. The van der Waals surface area contributed by atoms with E-state index in [1.807, 2.05) is 24.3 Å². The van der Waals surface area contributed by atoms with E-state index in [2.05, 4.69) is 15.9 Å². The zero-order chi connectivity index (χ0) is 17.3. The van der Waals surface area contributed by atoms with Gasteiger partial charge in [-0.05, 0) is 31.0 Å². The number of rotatable bonds is 4. The van der Waals surface area contributed by atoms with Crippen molar-refractivity contribution in [3.05, 3.63) is 64.1 Å². The summed E-state index contributed by atoms with van der Waals surface area (Å²) in [5.41, 5.74) is 2.40. The number of Topliss-reactive ketones (excluding diaryl/α,β-unsaturated/α-hetero) is 1. The lowest BCUT2D eigenvalue weighted by atomic mass is 10.1. The van der Waals surface area contributed by atoms with E-state index in [0.717, 1.165) is 27.2 Å². The summed E-state index contributed by atoms with van der Waals surface area (Å²) in [6.07, 6.45) is -0.391. The normalized spacial score (nSPS) is 14.2. The standard InChI is InChI=1S/C18H17BrN2O3/c1-12(17(22)14-5-3-2-4-6-14)21(18(23)24)20-10-9-13-7-8-15(19)11-16(13)20/h2-8,11-12H,9-10H2,1H3,(H,23,24). The zero-order valence-electron chi connectivity index (χ0n) is 13.1. The third-order valence-electron chi connectivity index (χ3n) is 4.18. The van der Waals surface area contributed by atoms with Crippen LogP contribution in [0.3, 0.4) is 0 Å². The number of ketones is 1. The monoisotopic (exact) mass is 388 g/mol. The quantitative estimate of drug-likeness (QED) is 0.804. The molecule has 1 aliphatic heterocycles. The molecule has 0 radical (unpaired) electrons. The van der Waals surface area contributed by atoms with Crippen LogP contribution < -0.4 is 5.01 Å². The van der Waals surface area contributed by atoms with E-state index in [0.29, 0.717) is 12.1 Å². The summed E-state index contributed by atoms with van der Waals surface area (Å²) in [6, 6.07) is 13.8. The fraction of sp³-hybridized carbons (Fsp3) is 0.222. The smallest absolute Gasteiger partial charge is 0.427 e. The van der Waals surface area contributed by atoms with Crippen LogP contribution in [0.4, 0.5) is 10.5 Å². The van der Waals surface area contributed by atoms with Gasteiger partial charge in [0.2, 0.25) is 0 Å². The fourth-order valence-corrected chi connectivity index (χ4v) is 3.34. The number of nitrogens with zero attached hydrogens (tertiary/aromatic N) is 2. The minimum Gasteiger partial charge on any atom is -0.464 e. The number of fused-ring (bicyclic) bond motifs is 1. The molecule has 3 rings (SSSR count). The molecule has 124 valence electrons. The van der Waals surface area contributed by atoms with E-state index < -0.39 is 12.1 Å². The molecule has 24 heavy (non-hydrogen) atoms. The van der Waals surface area contributed by atoms with Gasteiger partial charge in [-0.25, -0.2) is 9.80 Å². The number of amides is 1. The Bertz CT molecular complexity index is 779. The Hall–Kier alpha value is -2.34. The van der Waals surface area contributed by atoms with Gasteiger partial charge in [-0.3, -0.25) is 9.80 Å². The van der Waals surface area contributed by atoms with Crippen LogP contribution in [-0.2, 0) is 6.42 Å². The average Bonchev–Trinajstić information content (AvgIpc) is 2.97. The van der Waals surface area contributed by atoms with Gasteiger partial charge in [0, 0.05) is 16.6 Å². The van der Waals surface area contributed by atoms with Crippen LogP contribution in [0, 0.1) is 0 Å². The summed E-state index contributed by atoms with van der Waals surface area (Å²) < 4.78 is 0.875. The molecular formula is C18H17BrN2O3. The van der Waals surface area contributed by atoms with Gasteiger partial charge in [0.1, 0.15) is 6.04 Å². The van der Waals surface area contributed by atoms with Crippen molar-refractivity contribution in [2.24, 2.45) is 0 Å². The first kappa shape index (κ1) is 16.5. The van der Waals surface area contributed by atoms with E-state index in [1.54, 1.807) is 36.2 Å². The lowest BCUT2D eigenvalue weighted by molar-refractivity contribution is 0.0790. The Morgan fingerprint density at radius 2 is 1.92 bits per heavy atom. The Morgan fingerprint density at radius 1 is 1.21 bits per heavy atom. The highest BCUT2D eigenvalue weighted by molar-refractivity contribution is 9.10. The molecule has 0 saturated heterocycles. The number of anilines is 1. The van der Waals surface area contributed by atoms with Gasteiger partial charge in [0.05, 0.1) is 5.69 Å². The highest BCUT2D eigenvalue weighted by atomic mass is 79.9. The second-order valence-electron chi connectivity index (χ2n) is 5.68. The first-order valence-electron chi connectivity index (χ1n) is 7.66. The Morgan fingerprint density at radius 3 is 2.58 bits per heavy atom. The molecule has 2 aromatic rings. The molecular weight excluding hydrogens is 372 g/mol. The maximum absolute atomic E-state index is 12.7. The van der Waals surface area contributed by atoms with Crippen molar-refractivity contribution in [3.63, 3.8) is 0 Å². The topological polar surface area (TPSA) is 60.9 Å². The maximum atomic E-state index is 12.7. The first-order chi connectivity index (χ1) is 11.5. The second kappa shape index (κ2) is 6.65. The summed E-state index contributed by atoms with van der Waals surface area (Å²) in [4.78, 5) is 24.6. The number of halogens is 1. The average molecular weight is 389 g/mol. The molecule has 1 amide bonds. The summed E-state index contributed by atoms with van der Waals surface area (Å²) in [6.45, 7) is 2.16. The van der Waals surface area contributed by atoms with E-state index in [-0.39, 0.29) is 5.78 Å². The number of carbonyl (C=O) groups excluding carboxylic acids is 1. The van der Waals surface area contributed by atoms with Gasteiger partial charge >= 0.3 is 6.09 Å². The molecule has 1 atom stereocenters. The highest BCUT2D eigenvalue weighted by Gasteiger charge is 2.35. The molecule has 6 heteroatoms. The minimum atomic E-state index is -1.14. The van der Waals surface area contributed by atoms with Crippen molar-refractivity contribution in [2.45, 2.75) is 19.4 Å². The van der Waals surface area contributed by atoms with Crippen molar-refractivity contribution >= 4 is 33.5 Å². The number of hydrazine groups is 1. The molecule has 1 heterocycles. The summed E-state index contributed by atoms with van der Waals surface area (Å²) in [5, 5.41) is 12.5. The SMILES string of the molecule is CC(C(=O)c1ccccc1)N(C(=O)O)N1CCc2ccc(Br)cc21. The predicted octanol–water partition coefficient (Wildman–Crippen LogP) is 3.98. The maximum Gasteiger partial charge on any atom is 0.427 e. The van der Waals surface area contributed by atoms with Gasteiger partial charge in [-0.15, -0.1) is 0 Å². The molecule has 0 aliphatic carbocycles. The fourth-order valence-electron chi connectivity index (χ4n) is 2.99. The van der Waals surface area contributed by atoms with Crippen LogP contribution in [0.1, 0.15) is 22.8 Å². The van der Waals surface area contributed by atoms with E-state index >= 15 is 0 Å². The first-order valence-corrected chi connectivity index (χ1v) is 8.45. The van der Waals surface area contributed by atoms with E-state index in [4.69, 9.17) is 0 Å². The van der Waals surface area contributed by atoms with Crippen LogP contribution in [0.15, 0.2) is 53.0 Å². The van der Waals surface area contributed by atoms with E-state index in [1.165, 1.54) is 0 Å². The molecule has 2 aromatic carbocycles. The number of carbonyl (C=O) groups is 2. The second-order valence-corrected chi connectivity index (χ2v) is 6.60. The van der Waals surface area contributed by atoms with Crippen LogP contribution in [0.25, 0.3) is 0 Å². The number of carboxylic acid groups (broad SMARTS) is 1. The molecule has 5 nitrogen and oxygen atoms in total. The third kappa shape index (κ3) is 3.01. The van der Waals surface area contributed by atoms with Crippen molar-refractivity contribution in [3.8, 4) is 0 Å². The van der Waals surface area contributed by atoms with Gasteiger partial charge in [-0.2, -0.15) is 0 Å². The Kier molecular flexibility index (Phi) is 4.57. The molecule has 1 unspecified atom stereocenters. The number of hydrogen-bond acceptors (Lipinski definition) is 3. The molecule has 0 bridgehead atoms. The summed E-state index contributed by atoms with van der Waals surface area (Å²) in [5.74, 6) is -0.221. The van der Waals surface area contributed by atoms with Crippen LogP contribution >= 0.6 is 15.9 Å². The van der Waals surface area contributed by atoms with Crippen molar-refractivity contribution in [2.75, 3.05) is 11.6 Å². The predicted molar refractivity (Wildman–Crippen MR) is 95.3 cm³/mol. The van der Waals surface area contributed by atoms with E-state index in [9.17, 15) is 14.7 Å². The van der Waals surface area contributed by atoms with Gasteiger partial charge < -0.3 is 5.11 Å². The molecule has 0 saturated carbocycles. The molecule has 1 aliphatic rings. The number of benzene rings is 2. The van der Waals surface area contributed by atoms with Crippen LogP contribution in [0.2, 0.25) is 0 Å². The van der Waals surface area contributed by atoms with Crippen molar-refractivity contribution < 1.29 is 14.7 Å². The van der Waals surface area contributed by atoms with Crippen molar-refractivity contribution in [1.82, 2.24) is 5.01 Å². The zero-order valence-corrected chi connectivity index (χ0v) is 14.7. The molecule has 1 N–H and O–H groups in total. The van der Waals surface area contributed by atoms with Crippen LogP contribution in [-0.4, -0.2) is 34.6 Å². The summed E-state index contributed by atoms with van der Waals surface area (Å²) in [7, 11) is 0. The van der Waals surface area contributed by atoms with Crippen LogP contribution in [0.5, 0.6) is 0 Å². The van der Waals surface area contributed by atoms with Gasteiger partial charge in [-0.1, -0.05) is 52.3 Å². The number of hydrogen-bond donors (Lipinski definition) is 1. The van der Waals surface area contributed by atoms with Gasteiger partial charge in [0.15, 0.2) is 5.78 Å². The molecule has 0 fully saturated rings. The highest BCUT2D eigenvalue weighted by Crippen LogP contribution is 2.33. The summed E-state index contributed by atoms with van der Waals surface area (Å²) >= 11 is 3.42. The minimum absolute atomic E-state index is 0.221. The largest absolute Gasteiger partial charge is 0.464 e. The van der Waals surface area contributed by atoms with Gasteiger partial charge in [0.25, 0.3) is 0 Å².